The first kappa shape index (κ1) is 7.84. The lowest BCUT2D eigenvalue weighted by molar-refractivity contribution is -0.0453. The Morgan fingerprint density at radius 1 is 1.55 bits per heavy atom. The Balaban J connectivity index is 1.91. The van der Waals surface area contributed by atoms with Gasteiger partial charge in [-0.3, -0.25) is 0 Å². The van der Waals surface area contributed by atoms with E-state index in [0.717, 1.165) is 4.90 Å². The maximum Gasteiger partial charge on any atom is 0.165 e. The Morgan fingerprint density at radius 3 is 3.27 bits per heavy atom. The van der Waals surface area contributed by atoms with Crippen molar-refractivity contribution in [3.8, 4) is 11.5 Å². The summed E-state index contributed by atoms with van der Waals surface area (Å²) in [6.45, 7) is -2.58. The normalized spacial score (nSPS) is 52.9. The van der Waals surface area contributed by atoms with Crippen LogP contribution in [0.5, 0.6) is 11.5 Å². The van der Waals surface area contributed by atoms with E-state index in [2.05, 4.69) is 0 Å². The van der Waals surface area contributed by atoms with Gasteiger partial charge in [0.05, 0.1) is 9.85 Å². The quantitative estimate of drug-likeness (QED) is 0.799. The third kappa shape index (κ3) is 1.28. The number of rotatable bonds is 1. The van der Waals surface area contributed by atoms with Crippen molar-refractivity contribution in [2.24, 2.45) is 5.89 Å². The van der Waals surface area contributed by atoms with Gasteiger partial charge in [-0.25, -0.2) is 0 Å². The molecule has 116 valence electrons. The smallest absolute Gasteiger partial charge is 0.165 e. The van der Waals surface area contributed by atoms with Gasteiger partial charge in [-0.05, 0) is 38.0 Å². The Bertz CT molecular complexity index is 966. The molecule has 5 atom stereocenters. The van der Waals surface area contributed by atoms with Crippen LogP contribution >= 0.6 is 0 Å². The largest absolute Gasteiger partial charge is 0.493 e. The van der Waals surface area contributed by atoms with E-state index in [9.17, 15) is 7.85 Å². The highest BCUT2D eigenvalue weighted by Gasteiger charge is 2.64. The van der Waals surface area contributed by atoms with Crippen LogP contribution in [0.2, 0.25) is 0 Å². The topological polar surface area (TPSA) is 41.9 Å². The molecule has 0 aromatic heterocycles. The van der Waals surface area contributed by atoms with Crippen LogP contribution in [-0.4, -0.2) is 48.9 Å². The van der Waals surface area contributed by atoms with Gasteiger partial charge in [-0.15, -0.1) is 0 Å². The molecule has 1 saturated heterocycles. The molecule has 0 amide bonds. The predicted molar refractivity (Wildman–Crippen MR) is 82.5 cm³/mol. The van der Waals surface area contributed by atoms with Gasteiger partial charge in [0.1, 0.15) is 12.2 Å². The summed E-state index contributed by atoms with van der Waals surface area (Å²) in [5.74, 6) is -1.42. The summed E-state index contributed by atoms with van der Waals surface area (Å²) in [5.41, 5.74) is -0.348. The summed E-state index contributed by atoms with van der Waals surface area (Å²) < 4.78 is 70.9. The van der Waals surface area contributed by atoms with E-state index >= 15 is 0 Å². The molecule has 1 aromatic carbocycles. The molecule has 1 N–H and O–H groups in total. The lowest BCUT2D eigenvalue weighted by Gasteiger charge is -2.56. The Morgan fingerprint density at radius 2 is 2.45 bits per heavy atom. The van der Waals surface area contributed by atoms with Crippen LogP contribution in [0, 0.1) is 5.89 Å². The van der Waals surface area contributed by atoms with Crippen molar-refractivity contribution in [1.82, 2.24) is 4.90 Å². The summed E-state index contributed by atoms with van der Waals surface area (Å²) in [5, 5.41) is 10.7. The predicted octanol–water partition coefficient (Wildman–Crippen LogP) is 1.50. The molecule has 2 aliphatic heterocycles. The summed E-state index contributed by atoms with van der Waals surface area (Å²) in [6.07, 6.45) is 0.812. The van der Waals surface area contributed by atoms with E-state index < -0.39 is 36.5 Å². The van der Waals surface area contributed by atoms with Crippen LogP contribution in [0.1, 0.15) is 27.1 Å². The van der Waals surface area contributed by atoms with Gasteiger partial charge in [0.25, 0.3) is 0 Å². The number of benzene rings is 1. The lowest BCUT2D eigenvalue weighted by atomic mass is 9.53. The van der Waals surface area contributed by atoms with Gasteiger partial charge >= 0.3 is 0 Å². The van der Waals surface area contributed by atoms with Crippen molar-refractivity contribution < 1.29 is 24.2 Å². The number of likely N-dealkylation sites (tertiary alicyclic amines) is 1. The third-order valence-corrected chi connectivity index (χ3v) is 5.40. The third-order valence-electron chi connectivity index (χ3n) is 5.40. The number of piperidine rings is 1. The molecule has 5 rings (SSSR count). The summed E-state index contributed by atoms with van der Waals surface area (Å²) in [6, 6.07) is -2.28. The van der Waals surface area contributed by atoms with Gasteiger partial charge in [-0.1, -0.05) is 18.2 Å². The van der Waals surface area contributed by atoms with Gasteiger partial charge in [0.2, 0.25) is 0 Å². The van der Waals surface area contributed by atoms with E-state index in [4.69, 9.17) is 16.3 Å². The van der Waals surface area contributed by atoms with Crippen molar-refractivity contribution >= 4 is 0 Å². The molecule has 1 spiro atoms. The fraction of sp³-hybridized carbons (Fsp3) is 0.556. The van der Waals surface area contributed by atoms with Gasteiger partial charge in [0, 0.05) is 29.7 Å². The lowest BCUT2D eigenvalue weighted by Crippen LogP contribution is -2.64. The number of ether oxygens (including phenoxy) is 2. The fourth-order valence-corrected chi connectivity index (χ4v) is 4.51. The van der Waals surface area contributed by atoms with Crippen LogP contribution in [0.4, 0.5) is 0 Å². The SMILES string of the molecule is [2H]c1c([2H])c(OC)c2c3c1C[C@@]1([2H])N(C([2H])([2H])[2H])CC[C@@]34C(O2)C(O)C=C[C@]41[2H]. The van der Waals surface area contributed by atoms with Crippen molar-refractivity contribution in [3.63, 3.8) is 0 Å². The van der Waals surface area contributed by atoms with Gasteiger partial charge in [-0.2, -0.15) is 0 Å². The minimum Gasteiger partial charge on any atom is -0.493 e. The van der Waals surface area contributed by atoms with Crippen LogP contribution in [-0.2, 0) is 11.8 Å². The number of hydrogen-bond acceptors (Lipinski definition) is 4. The molecule has 4 aliphatic rings. The van der Waals surface area contributed by atoms with Crippen LogP contribution in [0.15, 0.2) is 24.2 Å². The Kier molecular flexibility index (Phi) is 1.45. The molecule has 0 saturated carbocycles. The fourth-order valence-electron chi connectivity index (χ4n) is 4.51. The zero-order valence-corrected chi connectivity index (χ0v) is 12.1. The van der Waals surface area contributed by atoms with Crippen LogP contribution in [0.3, 0.4) is 0 Å². The number of aliphatic hydroxyl groups is 1. The number of methoxy groups -OCH3 is 1. The molecule has 2 heterocycles. The molecule has 2 bridgehead atoms. The van der Waals surface area contributed by atoms with Crippen LogP contribution in [0.25, 0.3) is 0 Å². The highest BCUT2D eigenvalue weighted by atomic mass is 16.5. The zero-order chi connectivity index (χ0) is 21.1. The molecule has 4 heteroatoms. The maximum atomic E-state index is 10.7. The van der Waals surface area contributed by atoms with Crippen molar-refractivity contribution in [2.45, 2.75) is 36.5 Å². The minimum atomic E-state index is -2.60. The highest BCUT2D eigenvalue weighted by molar-refractivity contribution is 5.62. The van der Waals surface area contributed by atoms with Gasteiger partial charge in [0.15, 0.2) is 11.5 Å². The summed E-state index contributed by atoms with van der Waals surface area (Å²) >= 11 is 0. The standard InChI is InChI=1S/C18H21NO3/c1-19-8-7-18-11-4-5-13(20)17(18)22-16-14(21-2)6-3-10(15(16)18)9-12(11)19/h3-6,11-13,17,20H,7-9H2,1-2H3/t11-,12+,13?,17?,18-/m0/s1/i1D3,3D,6D,11D,12D. The van der Waals surface area contributed by atoms with Gasteiger partial charge < -0.3 is 19.5 Å². The highest BCUT2D eigenvalue weighted by Crippen LogP contribution is 2.62. The molecule has 4 nitrogen and oxygen atoms in total. The molecule has 2 unspecified atom stereocenters. The van der Waals surface area contributed by atoms with Crippen molar-refractivity contribution in [3.05, 3.63) is 35.4 Å². The molecular weight excluding hydrogens is 278 g/mol. The monoisotopic (exact) mass is 306 g/mol. The molecule has 0 radical (unpaired) electrons. The number of likely N-dealkylation sites (N-methyl/N-ethyl adjacent to an activating group) is 1. The van der Waals surface area contributed by atoms with E-state index in [1.807, 2.05) is 0 Å². The zero-order valence-electron chi connectivity index (χ0n) is 19.1. The van der Waals surface area contributed by atoms with E-state index in [1.165, 1.54) is 19.3 Å². The van der Waals surface area contributed by atoms with Crippen molar-refractivity contribution in [2.75, 3.05) is 20.6 Å². The number of hydrogen-bond donors (Lipinski definition) is 1. The second-order valence-corrected chi connectivity index (χ2v) is 6.26. The molecule has 2 aliphatic carbocycles. The van der Waals surface area contributed by atoms with Crippen molar-refractivity contribution in [1.29, 1.82) is 0 Å². The van der Waals surface area contributed by atoms with E-state index in [1.54, 1.807) is 0 Å². The first-order chi connectivity index (χ1) is 13.4. The van der Waals surface area contributed by atoms with Crippen LogP contribution < -0.4 is 9.47 Å². The summed E-state index contributed by atoms with van der Waals surface area (Å²) in [4.78, 5) is 1.05. The first-order valence-electron chi connectivity index (χ1n) is 11.0. The molecule has 22 heavy (non-hydrogen) atoms. The molecule has 1 aromatic rings. The second-order valence-electron chi connectivity index (χ2n) is 6.26. The molecule has 1 fully saturated rings. The Hall–Kier alpha value is -1.52. The average molecular weight is 306 g/mol. The Labute approximate surface area is 140 Å². The molecular formula is C18H21NO3. The van der Waals surface area contributed by atoms with E-state index in [0.29, 0.717) is 11.1 Å². The minimum absolute atomic E-state index is 0.0260. The number of nitrogens with zero attached hydrogens (tertiary/aromatic N) is 1. The summed E-state index contributed by atoms with van der Waals surface area (Å²) in [7, 11) is 1.37. The van der Waals surface area contributed by atoms with E-state index in [-0.39, 0.29) is 43.0 Å². The first-order valence-corrected chi connectivity index (χ1v) is 7.46. The number of aliphatic hydroxyl groups excluding tert-OH is 1. The second kappa shape index (κ2) is 4.06. The average Bonchev–Trinajstić information content (AvgIpc) is 2.96. The maximum absolute atomic E-state index is 10.7.